The van der Waals surface area contributed by atoms with Crippen molar-refractivity contribution in [1.29, 1.82) is 0 Å². The lowest BCUT2D eigenvalue weighted by Gasteiger charge is -2.26. The quantitative estimate of drug-likeness (QED) is 0.928. The molecular formula is C19H24N2O2. The number of carbonyl (C=O) groups is 1. The van der Waals surface area contributed by atoms with Crippen LogP contribution < -0.4 is 5.32 Å². The predicted molar refractivity (Wildman–Crippen MR) is 89.4 cm³/mol. The van der Waals surface area contributed by atoms with Gasteiger partial charge in [0.1, 0.15) is 0 Å². The molecule has 23 heavy (non-hydrogen) atoms. The number of aryl methyl sites for hydroxylation is 2. The van der Waals surface area contributed by atoms with Crippen LogP contribution in [0, 0.1) is 12.8 Å². The average Bonchev–Trinajstić information content (AvgIpc) is 2.87. The fourth-order valence-corrected chi connectivity index (χ4v) is 3.23. The van der Waals surface area contributed by atoms with Crippen molar-refractivity contribution in [3.63, 3.8) is 0 Å². The molecule has 0 aliphatic heterocycles. The van der Waals surface area contributed by atoms with E-state index < -0.39 is 0 Å². The number of aromatic nitrogens is 1. The molecule has 0 saturated carbocycles. The number of fused-ring (bicyclic) bond motifs is 1. The van der Waals surface area contributed by atoms with Gasteiger partial charge in [0.15, 0.2) is 5.89 Å². The van der Waals surface area contributed by atoms with Crippen molar-refractivity contribution in [1.82, 2.24) is 10.3 Å². The second kappa shape index (κ2) is 6.57. The first kappa shape index (κ1) is 15.8. The fourth-order valence-electron chi connectivity index (χ4n) is 3.23. The monoisotopic (exact) mass is 312 g/mol. The minimum absolute atomic E-state index is 0.0606. The number of hydrogen-bond donors (Lipinski definition) is 1. The maximum absolute atomic E-state index is 12.6. The van der Waals surface area contributed by atoms with Gasteiger partial charge in [-0.3, -0.25) is 4.79 Å². The number of nitrogens with zero attached hydrogens (tertiary/aromatic N) is 1. The van der Waals surface area contributed by atoms with Gasteiger partial charge in [0.05, 0.1) is 11.7 Å². The van der Waals surface area contributed by atoms with Crippen LogP contribution in [0.2, 0.25) is 0 Å². The summed E-state index contributed by atoms with van der Waals surface area (Å²) in [5.74, 6) is 1.29. The molecule has 0 fully saturated rings. The van der Waals surface area contributed by atoms with Gasteiger partial charge in [-0.05, 0) is 43.2 Å². The molecule has 0 unspecified atom stereocenters. The van der Waals surface area contributed by atoms with E-state index in [1.165, 1.54) is 11.1 Å². The first-order chi connectivity index (χ1) is 11.0. The summed E-state index contributed by atoms with van der Waals surface area (Å²) >= 11 is 0. The summed E-state index contributed by atoms with van der Waals surface area (Å²) in [4.78, 5) is 17.0. The Labute approximate surface area is 137 Å². The van der Waals surface area contributed by atoms with Crippen LogP contribution >= 0.6 is 0 Å². The number of benzene rings is 1. The summed E-state index contributed by atoms with van der Waals surface area (Å²) in [6, 6.07) is 8.40. The van der Waals surface area contributed by atoms with Crippen molar-refractivity contribution in [2.24, 2.45) is 5.92 Å². The van der Waals surface area contributed by atoms with Crippen molar-refractivity contribution >= 4 is 5.91 Å². The van der Waals surface area contributed by atoms with Gasteiger partial charge in [-0.2, -0.15) is 0 Å². The lowest BCUT2D eigenvalue weighted by atomic mass is 9.87. The van der Waals surface area contributed by atoms with Crippen molar-refractivity contribution < 1.29 is 9.21 Å². The van der Waals surface area contributed by atoms with Gasteiger partial charge in [-0.1, -0.05) is 38.1 Å². The summed E-state index contributed by atoms with van der Waals surface area (Å²) in [5.41, 5.74) is 3.23. The van der Waals surface area contributed by atoms with Crippen LogP contribution in [0.25, 0.3) is 0 Å². The SMILES string of the molecule is Cc1nc(CC(C)C)oc1C(=O)N[C@H]1CCCc2ccccc21. The van der Waals surface area contributed by atoms with E-state index in [-0.39, 0.29) is 11.9 Å². The molecule has 2 aromatic rings. The van der Waals surface area contributed by atoms with E-state index in [1.807, 2.05) is 13.0 Å². The van der Waals surface area contributed by atoms with Crippen LogP contribution in [-0.4, -0.2) is 10.9 Å². The van der Waals surface area contributed by atoms with E-state index >= 15 is 0 Å². The Bertz CT molecular complexity index is 703. The Morgan fingerprint density at radius 1 is 1.39 bits per heavy atom. The lowest BCUT2D eigenvalue weighted by molar-refractivity contribution is 0.0901. The van der Waals surface area contributed by atoms with E-state index in [1.54, 1.807) is 0 Å². The summed E-state index contributed by atoms with van der Waals surface area (Å²) in [6.45, 7) is 6.05. The van der Waals surface area contributed by atoms with Gasteiger partial charge in [-0.15, -0.1) is 0 Å². The van der Waals surface area contributed by atoms with E-state index in [2.05, 4.69) is 42.3 Å². The highest BCUT2D eigenvalue weighted by Crippen LogP contribution is 2.29. The number of amides is 1. The fraction of sp³-hybridized carbons (Fsp3) is 0.474. The van der Waals surface area contributed by atoms with Crippen LogP contribution in [0.15, 0.2) is 28.7 Å². The van der Waals surface area contributed by atoms with Crippen molar-refractivity contribution in [2.75, 3.05) is 0 Å². The molecular weight excluding hydrogens is 288 g/mol. The number of oxazole rings is 1. The third-order valence-electron chi connectivity index (χ3n) is 4.30. The van der Waals surface area contributed by atoms with Gasteiger partial charge in [0, 0.05) is 6.42 Å². The van der Waals surface area contributed by atoms with Crippen LogP contribution in [-0.2, 0) is 12.8 Å². The zero-order chi connectivity index (χ0) is 16.4. The Balaban J connectivity index is 1.77. The molecule has 1 atom stereocenters. The number of nitrogens with one attached hydrogen (secondary N) is 1. The third kappa shape index (κ3) is 3.46. The number of hydrogen-bond acceptors (Lipinski definition) is 3. The van der Waals surface area contributed by atoms with Gasteiger partial charge in [0.2, 0.25) is 5.76 Å². The molecule has 4 nitrogen and oxygen atoms in total. The second-order valence-corrected chi connectivity index (χ2v) is 6.74. The van der Waals surface area contributed by atoms with Crippen molar-refractivity contribution in [3.05, 3.63) is 52.7 Å². The molecule has 0 spiro atoms. The highest BCUT2D eigenvalue weighted by molar-refractivity contribution is 5.92. The molecule has 1 aliphatic carbocycles. The van der Waals surface area contributed by atoms with Crippen molar-refractivity contribution in [2.45, 2.75) is 52.5 Å². The van der Waals surface area contributed by atoms with Gasteiger partial charge >= 0.3 is 0 Å². The standard InChI is InChI=1S/C19H24N2O2/c1-12(2)11-17-20-13(3)18(23-17)19(22)21-16-10-6-8-14-7-4-5-9-15(14)16/h4-5,7,9,12,16H,6,8,10-11H2,1-3H3,(H,21,22)/t16-/m0/s1. The minimum atomic E-state index is -0.160. The zero-order valence-corrected chi connectivity index (χ0v) is 14.1. The molecule has 0 radical (unpaired) electrons. The van der Waals surface area contributed by atoms with E-state index in [4.69, 9.17) is 4.42 Å². The van der Waals surface area contributed by atoms with Gasteiger partial charge in [-0.25, -0.2) is 4.98 Å². The molecule has 0 bridgehead atoms. The third-order valence-corrected chi connectivity index (χ3v) is 4.30. The van der Waals surface area contributed by atoms with E-state index in [9.17, 15) is 4.79 Å². The van der Waals surface area contributed by atoms with Gasteiger partial charge < -0.3 is 9.73 Å². The normalized spacial score (nSPS) is 17.1. The highest BCUT2D eigenvalue weighted by atomic mass is 16.4. The summed E-state index contributed by atoms with van der Waals surface area (Å²) in [5, 5.41) is 3.13. The molecule has 1 N–H and O–H groups in total. The Morgan fingerprint density at radius 2 is 2.17 bits per heavy atom. The number of rotatable bonds is 4. The lowest BCUT2D eigenvalue weighted by Crippen LogP contribution is -2.31. The zero-order valence-electron chi connectivity index (χ0n) is 14.1. The summed E-state index contributed by atoms with van der Waals surface area (Å²) in [6.07, 6.45) is 3.90. The van der Waals surface area contributed by atoms with E-state index in [0.29, 0.717) is 23.3 Å². The van der Waals surface area contributed by atoms with E-state index in [0.717, 1.165) is 25.7 Å². The van der Waals surface area contributed by atoms with Gasteiger partial charge in [0.25, 0.3) is 5.91 Å². The molecule has 1 aromatic heterocycles. The largest absolute Gasteiger partial charge is 0.435 e. The molecule has 1 aliphatic rings. The summed E-state index contributed by atoms with van der Waals surface area (Å²) in [7, 11) is 0. The highest BCUT2D eigenvalue weighted by Gasteiger charge is 2.25. The topological polar surface area (TPSA) is 55.1 Å². The Morgan fingerprint density at radius 3 is 2.96 bits per heavy atom. The minimum Gasteiger partial charge on any atom is -0.435 e. The van der Waals surface area contributed by atoms with Crippen LogP contribution in [0.5, 0.6) is 0 Å². The van der Waals surface area contributed by atoms with Crippen LogP contribution in [0.4, 0.5) is 0 Å². The molecule has 122 valence electrons. The Kier molecular flexibility index (Phi) is 4.51. The smallest absolute Gasteiger partial charge is 0.289 e. The molecule has 1 heterocycles. The Hall–Kier alpha value is -2.10. The number of carbonyl (C=O) groups excluding carboxylic acids is 1. The molecule has 4 heteroatoms. The first-order valence-electron chi connectivity index (χ1n) is 8.39. The summed E-state index contributed by atoms with van der Waals surface area (Å²) < 4.78 is 5.69. The predicted octanol–water partition coefficient (Wildman–Crippen LogP) is 3.99. The maximum Gasteiger partial charge on any atom is 0.289 e. The maximum atomic E-state index is 12.6. The molecule has 1 aromatic carbocycles. The van der Waals surface area contributed by atoms with Crippen LogP contribution in [0.1, 0.15) is 66.0 Å². The first-order valence-corrected chi connectivity index (χ1v) is 8.39. The molecule has 0 saturated heterocycles. The van der Waals surface area contributed by atoms with Crippen molar-refractivity contribution in [3.8, 4) is 0 Å². The average molecular weight is 312 g/mol. The molecule has 3 rings (SSSR count). The van der Waals surface area contributed by atoms with Crippen LogP contribution in [0.3, 0.4) is 0 Å². The molecule has 1 amide bonds. The second-order valence-electron chi connectivity index (χ2n) is 6.74.